The van der Waals surface area contributed by atoms with Gasteiger partial charge in [-0.2, -0.15) is 0 Å². The molecule has 3 rings (SSSR count). The number of ether oxygens (including phenoxy) is 2. The highest BCUT2D eigenvalue weighted by Gasteiger charge is 2.20. The molecule has 5 nitrogen and oxygen atoms in total. The standard InChI is InChI=1S/C16H22N2O3/c1-12-3-2-8-18(10-12)16(19)17-7-6-13-4-5-14-15(9-13)21-11-20-14/h4-5,9,12H,2-3,6-8,10-11H2,1H3,(H,17,19). The minimum atomic E-state index is 0.0577. The summed E-state index contributed by atoms with van der Waals surface area (Å²) >= 11 is 0. The number of piperidine rings is 1. The zero-order chi connectivity index (χ0) is 14.7. The summed E-state index contributed by atoms with van der Waals surface area (Å²) in [7, 11) is 0. The third-order valence-corrected chi connectivity index (χ3v) is 4.07. The first-order valence-electron chi connectivity index (χ1n) is 7.63. The molecule has 5 heteroatoms. The van der Waals surface area contributed by atoms with Crippen LogP contribution >= 0.6 is 0 Å². The van der Waals surface area contributed by atoms with Crippen molar-refractivity contribution in [3.8, 4) is 11.5 Å². The van der Waals surface area contributed by atoms with E-state index in [1.54, 1.807) is 0 Å². The van der Waals surface area contributed by atoms with Crippen molar-refractivity contribution < 1.29 is 14.3 Å². The van der Waals surface area contributed by atoms with E-state index < -0.39 is 0 Å². The van der Waals surface area contributed by atoms with Crippen LogP contribution in [0.1, 0.15) is 25.3 Å². The van der Waals surface area contributed by atoms with Crippen LogP contribution in [0.3, 0.4) is 0 Å². The third kappa shape index (κ3) is 3.40. The predicted octanol–water partition coefficient (Wildman–Crippen LogP) is 2.40. The number of rotatable bonds is 3. The Morgan fingerprint density at radius 3 is 3.10 bits per heavy atom. The van der Waals surface area contributed by atoms with Crippen LogP contribution in [0.15, 0.2) is 18.2 Å². The fourth-order valence-electron chi connectivity index (χ4n) is 2.90. The van der Waals surface area contributed by atoms with E-state index >= 15 is 0 Å². The van der Waals surface area contributed by atoms with E-state index in [4.69, 9.17) is 9.47 Å². The summed E-state index contributed by atoms with van der Waals surface area (Å²) in [4.78, 5) is 14.0. The lowest BCUT2D eigenvalue weighted by molar-refractivity contribution is 0.170. The first-order valence-corrected chi connectivity index (χ1v) is 7.63. The van der Waals surface area contributed by atoms with Gasteiger partial charge < -0.3 is 19.7 Å². The number of carbonyl (C=O) groups is 1. The molecule has 0 radical (unpaired) electrons. The van der Waals surface area contributed by atoms with Gasteiger partial charge in [0, 0.05) is 19.6 Å². The van der Waals surface area contributed by atoms with Gasteiger partial charge >= 0.3 is 6.03 Å². The Bertz CT molecular complexity index is 518. The van der Waals surface area contributed by atoms with E-state index in [2.05, 4.69) is 12.2 Å². The summed E-state index contributed by atoms with van der Waals surface area (Å²) in [5.74, 6) is 2.20. The van der Waals surface area contributed by atoms with Gasteiger partial charge in [-0.1, -0.05) is 13.0 Å². The first kappa shape index (κ1) is 14.0. The summed E-state index contributed by atoms with van der Waals surface area (Å²) in [6.45, 7) is 4.88. The molecule has 1 aromatic rings. The van der Waals surface area contributed by atoms with Crippen molar-refractivity contribution in [3.05, 3.63) is 23.8 Å². The molecule has 0 aliphatic carbocycles. The van der Waals surface area contributed by atoms with E-state index in [1.807, 2.05) is 23.1 Å². The van der Waals surface area contributed by atoms with Crippen LogP contribution in [0.4, 0.5) is 4.79 Å². The molecule has 2 aliphatic rings. The van der Waals surface area contributed by atoms with Gasteiger partial charge in [-0.05, 0) is 42.9 Å². The Morgan fingerprint density at radius 2 is 2.24 bits per heavy atom. The van der Waals surface area contributed by atoms with E-state index in [0.29, 0.717) is 19.3 Å². The molecule has 0 saturated carbocycles. The van der Waals surface area contributed by atoms with Crippen molar-refractivity contribution in [3.63, 3.8) is 0 Å². The van der Waals surface area contributed by atoms with Gasteiger partial charge in [0.15, 0.2) is 11.5 Å². The van der Waals surface area contributed by atoms with Gasteiger partial charge in [0.1, 0.15) is 0 Å². The van der Waals surface area contributed by atoms with Crippen molar-refractivity contribution in [2.24, 2.45) is 5.92 Å². The highest BCUT2D eigenvalue weighted by molar-refractivity contribution is 5.74. The van der Waals surface area contributed by atoms with Gasteiger partial charge in [0.05, 0.1) is 0 Å². The molecule has 114 valence electrons. The summed E-state index contributed by atoms with van der Waals surface area (Å²) in [6.07, 6.45) is 3.13. The van der Waals surface area contributed by atoms with Crippen LogP contribution in [0.5, 0.6) is 11.5 Å². The maximum atomic E-state index is 12.1. The van der Waals surface area contributed by atoms with Crippen LogP contribution in [0.2, 0.25) is 0 Å². The minimum Gasteiger partial charge on any atom is -0.454 e. The second-order valence-corrected chi connectivity index (χ2v) is 5.86. The average molecular weight is 290 g/mol. The Labute approximate surface area is 125 Å². The second-order valence-electron chi connectivity index (χ2n) is 5.86. The number of hydrogen-bond acceptors (Lipinski definition) is 3. The Kier molecular flexibility index (Phi) is 4.18. The number of urea groups is 1. The van der Waals surface area contributed by atoms with E-state index in [9.17, 15) is 4.79 Å². The first-order chi connectivity index (χ1) is 10.2. The predicted molar refractivity (Wildman–Crippen MR) is 79.6 cm³/mol. The molecule has 1 atom stereocenters. The Morgan fingerprint density at radius 1 is 1.38 bits per heavy atom. The number of nitrogens with zero attached hydrogens (tertiary/aromatic N) is 1. The number of nitrogens with one attached hydrogen (secondary N) is 1. The molecule has 1 aromatic carbocycles. The number of carbonyl (C=O) groups excluding carboxylic acids is 1. The highest BCUT2D eigenvalue weighted by atomic mass is 16.7. The summed E-state index contributed by atoms with van der Waals surface area (Å²) in [5.41, 5.74) is 1.14. The van der Waals surface area contributed by atoms with Crippen LogP contribution in [0.25, 0.3) is 0 Å². The Balaban J connectivity index is 1.46. The van der Waals surface area contributed by atoms with Crippen LogP contribution in [-0.2, 0) is 6.42 Å². The van der Waals surface area contributed by atoms with Crippen LogP contribution in [0, 0.1) is 5.92 Å². The molecular weight excluding hydrogens is 268 g/mol. The lowest BCUT2D eigenvalue weighted by atomic mass is 10.0. The maximum Gasteiger partial charge on any atom is 0.317 e. The summed E-state index contributed by atoms with van der Waals surface area (Å²) in [6, 6.07) is 5.98. The molecule has 21 heavy (non-hydrogen) atoms. The summed E-state index contributed by atoms with van der Waals surface area (Å²) < 4.78 is 10.6. The van der Waals surface area contributed by atoms with Gasteiger partial charge in [-0.15, -0.1) is 0 Å². The fraction of sp³-hybridized carbons (Fsp3) is 0.562. The average Bonchev–Trinajstić information content (AvgIpc) is 2.94. The zero-order valence-corrected chi connectivity index (χ0v) is 12.4. The van der Waals surface area contributed by atoms with Crippen molar-refractivity contribution in [2.75, 3.05) is 26.4 Å². The van der Waals surface area contributed by atoms with Gasteiger partial charge in [-0.25, -0.2) is 4.79 Å². The number of hydrogen-bond donors (Lipinski definition) is 1. The van der Waals surface area contributed by atoms with Crippen molar-refractivity contribution in [1.82, 2.24) is 10.2 Å². The SMILES string of the molecule is CC1CCCN(C(=O)NCCc2ccc3c(c2)OCO3)C1. The number of likely N-dealkylation sites (tertiary alicyclic amines) is 1. The largest absolute Gasteiger partial charge is 0.454 e. The molecule has 1 fully saturated rings. The van der Waals surface area contributed by atoms with Gasteiger partial charge in [-0.3, -0.25) is 0 Å². The monoisotopic (exact) mass is 290 g/mol. The molecule has 2 amide bonds. The normalized spacial score (nSPS) is 20.4. The van der Waals surface area contributed by atoms with Gasteiger partial charge in [0.2, 0.25) is 6.79 Å². The van der Waals surface area contributed by atoms with E-state index in [0.717, 1.165) is 43.0 Å². The van der Waals surface area contributed by atoms with Crippen molar-refractivity contribution in [2.45, 2.75) is 26.2 Å². The van der Waals surface area contributed by atoms with Gasteiger partial charge in [0.25, 0.3) is 0 Å². The second kappa shape index (κ2) is 6.24. The molecule has 1 unspecified atom stereocenters. The molecule has 0 bridgehead atoms. The third-order valence-electron chi connectivity index (χ3n) is 4.07. The highest BCUT2D eigenvalue weighted by Crippen LogP contribution is 2.32. The maximum absolute atomic E-state index is 12.1. The smallest absolute Gasteiger partial charge is 0.317 e. The van der Waals surface area contributed by atoms with E-state index in [1.165, 1.54) is 6.42 Å². The molecular formula is C16H22N2O3. The van der Waals surface area contributed by atoms with Crippen molar-refractivity contribution >= 4 is 6.03 Å². The fourth-order valence-corrected chi connectivity index (χ4v) is 2.90. The number of amides is 2. The topological polar surface area (TPSA) is 50.8 Å². The minimum absolute atomic E-state index is 0.0577. The molecule has 1 saturated heterocycles. The molecule has 0 spiro atoms. The van der Waals surface area contributed by atoms with Crippen LogP contribution < -0.4 is 14.8 Å². The summed E-state index contributed by atoms with van der Waals surface area (Å²) in [5, 5.41) is 3.00. The zero-order valence-electron chi connectivity index (χ0n) is 12.4. The molecule has 1 N–H and O–H groups in total. The lowest BCUT2D eigenvalue weighted by Gasteiger charge is -2.30. The quantitative estimate of drug-likeness (QED) is 0.930. The molecule has 0 aromatic heterocycles. The molecule has 2 heterocycles. The van der Waals surface area contributed by atoms with Crippen molar-refractivity contribution in [1.29, 1.82) is 0 Å². The van der Waals surface area contributed by atoms with E-state index in [-0.39, 0.29) is 6.03 Å². The lowest BCUT2D eigenvalue weighted by Crippen LogP contribution is -2.45. The molecule has 2 aliphatic heterocycles. The van der Waals surface area contributed by atoms with Crippen LogP contribution in [-0.4, -0.2) is 37.4 Å². The number of fused-ring (bicyclic) bond motifs is 1. The number of benzene rings is 1. The Hall–Kier alpha value is -1.91.